The maximum atomic E-state index is 12.1. The summed E-state index contributed by atoms with van der Waals surface area (Å²) in [5, 5.41) is 17.4. The van der Waals surface area contributed by atoms with Crippen molar-refractivity contribution in [2.75, 3.05) is 0 Å². The molecule has 21 heavy (non-hydrogen) atoms. The second kappa shape index (κ2) is 4.91. The zero-order chi connectivity index (χ0) is 15.9. The molecule has 2 rings (SSSR count). The highest BCUT2D eigenvalue weighted by Gasteiger charge is 2.30. The molecular formula is C10H14N6O4S. The molecule has 0 bridgehead atoms. The lowest BCUT2D eigenvalue weighted by Gasteiger charge is -2.06. The normalized spacial score (nSPS) is 12.0. The lowest BCUT2D eigenvalue weighted by molar-refractivity contribution is -0.391. The molecule has 0 aliphatic rings. The largest absolute Gasteiger partial charge is 0.358 e. The minimum Gasteiger partial charge on any atom is -0.358 e. The minimum atomic E-state index is -3.60. The molecule has 0 N–H and O–H groups in total. The Balaban J connectivity index is 2.59. The molecule has 2 aromatic heterocycles. The van der Waals surface area contributed by atoms with Crippen molar-refractivity contribution in [3.05, 3.63) is 16.3 Å². The van der Waals surface area contributed by atoms with Gasteiger partial charge in [-0.2, -0.15) is 0 Å². The third-order valence-electron chi connectivity index (χ3n) is 3.06. The van der Waals surface area contributed by atoms with Crippen LogP contribution in [0.4, 0.5) is 5.82 Å². The van der Waals surface area contributed by atoms with E-state index in [-0.39, 0.29) is 22.6 Å². The van der Waals surface area contributed by atoms with Gasteiger partial charge in [-0.15, -0.1) is 10.2 Å². The predicted molar refractivity (Wildman–Crippen MR) is 72.2 cm³/mol. The van der Waals surface area contributed by atoms with Gasteiger partial charge in [-0.05, 0) is 18.8 Å². The van der Waals surface area contributed by atoms with Gasteiger partial charge in [-0.25, -0.2) is 18.0 Å². The first-order valence-electron chi connectivity index (χ1n) is 5.97. The first-order chi connectivity index (χ1) is 9.67. The Bertz CT molecular complexity index is 804. The zero-order valence-electron chi connectivity index (χ0n) is 11.9. The number of imidazole rings is 1. The number of nitrogens with zero attached hydrogens (tertiary/aromatic N) is 6. The summed E-state index contributed by atoms with van der Waals surface area (Å²) in [6, 6.07) is 0. The van der Waals surface area contributed by atoms with Gasteiger partial charge in [0.25, 0.3) is 5.82 Å². The zero-order valence-corrected chi connectivity index (χ0v) is 12.7. The Morgan fingerprint density at radius 1 is 1.19 bits per heavy atom. The minimum absolute atomic E-state index is 0.143. The molecule has 0 saturated carbocycles. The third-order valence-corrected chi connectivity index (χ3v) is 5.17. The fourth-order valence-electron chi connectivity index (χ4n) is 1.75. The summed E-state index contributed by atoms with van der Waals surface area (Å²) in [7, 11) is -0.671. The summed E-state index contributed by atoms with van der Waals surface area (Å²) >= 11 is 0. The van der Waals surface area contributed by atoms with Crippen molar-refractivity contribution in [1.82, 2.24) is 24.3 Å². The van der Waals surface area contributed by atoms with Crippen molar-refractivity contribution >= 4 is 15.7 Å². The lowest BCUT2D eigenvalue weighted by Crippen LogP contribution is -2.18. The van der Waals surface area contributed by atoms with E-state index in [1.807, 2.05) is 0 Å². The third kappa shape index (κ3) is 2.28. The van der Waals surface area contributed by atoms with Gasteiger partial charge in [0, 0.05) is 7.05 Å². The first-order valence-corrected chi connectivity index (χ1v) is 7.52. The van der Waals surface area contributed by atoms with Crippen molar-refractivity contribution in [2.24, 2.45) is 14.1 Å². The molecule has 2 aromatic rings. The van der Waals surface area contributed by atoms with Crippen molar-refractivity contribution < 1.29 is 13.3 Å². The maximum absolute atomic E-state index is 12.1. The number of nitro groups is 1. The maximum Gasteiger partial charge on any atom is 0.343 e. The quantitative estimate of drug-likeness (QED) is 0.587. The average molecular weight is 314 g/mol. The van der Waals surface area contributed by atoms with Crippen LogP contribution in [0, 0.1) is 10.1 Å². The second-order valence-corrected chi connectivity index (χ2v) is 7.11. The van der Waals surface area contributed by atoms with Crippen LogP contribution in [0.1, 0.15) is 13.8 Å². The molecule has 0 spiro atoms. The molecule has 0 aliphatic carbocycles. The van der Waals surface area contributed by atoms with Crippen LogP contribution in [0.15, 0.2) is 11.4 Å². The highest BCUT2D eigenvalue weighted by molar-refractivity contribution is 7.91. The molecule has 0 unspecified atom stereocenters. The summed E-state index contributed by atoms with van der Waals surface area (Å²) in [6.45, 7) is 3.07. The van der Waals surface area contributed by atoms with E-state index in [0.29, 0.717) is 0 Å². The van der Waals surface area contributed by atoms with Crippen LogP contribution in [-0.4, -0.2) is 42.9 Å². The Morgan fingerprint density at radius 3 is 2.29 bits per heavy atom. The van der Waals surface area contributed by atoms with E-state index in [1.165, 1.54) is 37.1 Å². The van der Waals surface area contributed by atoms with E-state index in [9.17, 15) is 18.5 Å². The van der Waals surface area contributed by atoms with Gasteiger partial charge in [0.2, 0.25) is 20.8 Å². The number of rotatable bonds is 4. The topological polar surface area (TPSA) is 126 Å². The van der Waals surface area contributed by atoms with E-state index in [2.05, 4.69) is 15.2 Å². The van der Waals surface area contributed by atoms with E-state index in [0.717, 1.165) is 6.20 Å². The van der Waals surface area contributed by atoms with Crippen molar-refractivity contribution in [3.8, 4) is 11.6 Å². The van der Waals surface area contributed by atoms with E-state index < -0.39 is 20.0 Å². The number of hydrogen-bond acceptors (Lipinski definition) is 7. The average Bonchev–Trinajstić information content (AvgIpc) is 2.92. The smallest absolute Gasteiger partial charge is 0.343 e. The molecule has 114 valence electrons. The molecule has 0 aliphatic heterocycles. The molecule has 0 atom stereocenters. The van der Waals surface area contributed by atoms with E-state index in [1.54, 1.807) is 0 Å². The Hall–Kier alpha value is -2.30. The van der Waals surface area contributed by atoms with Gasteiger partial charge in [0.1, 0.15) is 6.20 Å². The lowest BCUT2D eigenvalue weighted by atomic mass is 10.5. The molecule has 11 heteroatoms. The molecule has 0 fully saturated rings. The van der Waals surface area contributed by atoms with Crippen molar-refractivity contribution in [3.63, 3.8) is 0 Å². The SMILES string of the molecule is CC(C)S(=O)(=O)c1nnc(-c2ncc([N+](=O)[O-])n2C)n1C. The molecule has 10 nitrogen and oxygen atoms in total. The Kier molecular flexibility index (Phi) is 3.53. The highest BCUT2D eigenvalue weighted by atomic mass is 32.2. The van der Waals surface area contributed by atoms with Crippen LogP contribution >= 0.6 is 0 Å². The van der Waals surface area contributed by atoms with Crippen LogP contribution < -0.4 is 0 Å². The standard InChI is InChI=1S/C10H14N6O4S/c1-6(2)21(19,20)10-13-12-9(15(10)4)8-11-5-7(14(8)3)16(17)18/h5-6H,1-4H3. The van der Waals surface area contributed by atoms with Gasteiger partial charge in [0.15, 0.2) is 0 Å². The van der Waals surface area contributed by atoms with Crippen molar-refractivity contribution in [1.29, 1.82) is 0 Å². The number of hydrogen-bond donors (Lipinski definition) is 0. The van der Waals surface area contributed by atoms with Gasteiger partial charge in [-0.3, -0.25) is 4.57 Å². The first kappa shape index (κ1) is 15.1. The molecule has 2 heterocycles. The van der Waals surface area contributed by atoms with Crippen LogP contribution in [0.5, 0.6) is 0 Å². The van der Waals surface area contributed by atoms with Gasteiger partial charge in [0.05, 0.1) is 12.3 Å². The summed E-state index contributed by atoms with van der Waals surface area (Å²) in [5.74, 6) is 0.0907. The molecular weight excluding hydrogens is 300 g/mol. The number of aromatic nitrogens is 5. The van der Waals surface area contributed by atoms with Gasteiger partial charge >= 0.3 is 5.82 Å². The van der Waals surface area contributed by atoms with Gasteiger partial charge < -0.3 is 10.1 Å². The fraction of sp³-hybridized carbons (Fsp3) is 0.500. The van der Waals surface area contributed by atoms with Crippen LogP contribution in [0.25, 0.3) is 11.6 Å². The molecule has 0 radical (unpaired) electrons. The highest BCUT2D eigenvalue weighted by Crippen LogP contribution is 2.23. The second-order valence-electron chi connectivity index (χ2n) is 4.72. The van der Waals surface area contributed by atoms with E-state index in [4.69, 9.17) is 0 Å². The molecule has 0 saturated heterocycles. The molecule has 0 amide bonds. The monoisotopic (exact) mass is 314 g/mol. The van der Waals surface area contributed by atoms with Crippen LogP contribution in [0.2, 0.25) is 0 Å². The van der Waals surface area contributed by atoms with Crippen LogP contribution in [0.3, 0.4) is 0 Å². The Labute approximate surface area is 120 Å². The summed E-state index contributed by atoms with van der Waals surface area (Å²) in [6.07, 6.45) is 1.08. The predicted octanol–water partition coefficient (Wildman–Crippen LogP) is 0.306. The fourth-order valence-corrected chi connectivity index (χ4v) is 2.79. The van der Waals surface area contributed by atoms with E-state index >= 15 is 0 Å². The van der Waals surface area contributed by atoms with Crippen molar-refractivity contribution in [2.45, 2.75) is 24.3 Å². The van der Waals surface area contributed by atoms with Gasteiger partial charge in [-0.1, -0.05) is 0 Å². The Morgan fingerprint density at radius 2 is 1.81 bits per heavy atom. The summed E-state index contributed by atoms with van der Waals surface area (Å²) < 4.78 is 26.8. The molecule has 0 aromatic carbocycles. The summed E-state index contributed by atoms with van der Waals surface area (Å²) in [4.78, 5) is 14.1. The van der Waals surface area contributed by atoms with Crippen LogP contribution in [-0.2, 0) is 23.9 Å². The summed E-state index contributed by atoms with van der Waals surface area (Å²) in [5.41, 5.74) is 0. The number of sulfone groups is 1.